The van der Waals surface area contributed by atoms with Crippen LogP contribution in [0.3, 0.4) is 0 Å². The molecule has 2 aromatic rings. The summed E-state index contributed by atoms with van der Waals surface area (Å²) < 4.78 is 0. The summed E-state index contributed by atoms with van der Waals surface area (Å²) in [6.07, 6.45) is 0.695. The minimum atomic E-state index is -0.830. The van der Waals surface area contributed by atoms with Crippen molar-refractivity contribution in [3.8, 4) is 0 Å². The quantitative estimate of drug-likeness (QED) is 0.907. The van der Waals surface area contributed by atoms with Crippen LogP contribution in [0, 0.1) is 6.92 Å². The number of likely N-dealkylation sites (tertiary alicyclic amines) is 1. The van der Waals surface area contributed by atoms with E-state index in [4.69, 9.17) is 0 Å². The SMILES string of the molecule is Cc1cscc1C(=O)N(C)C[C@@]1(O)CCN(Cc2ccccc2)C1. The van der Waals surface area contributed by atoms with Crippen molar-refractivity contribution in [1.82, 2.24) is 9.80 Å². The smallest absolute Gasteiger partial charge is 0.254 e. The van der Waals surface area contributed by atoms with Crippen LogP contribution in [0.15, 0.2) is 41.1 Å². The third-order valence-corrected chi connectivity index (χ3v) is 5.49. The molecule has 4 nitrogen and oxygen atoms in total. The molecule has 0 spiro atoms. The van der Waals surface area contributed by atoms with Gasteiger partial charge in [0, 0.05) is 32.1 Å². The molecule has 1 saturated heterocycles. The van der Waals surface area contributed by atoms with Crippen LogP contribution >= 0.6 is 11.3 Å². The Hall–Kier alpha value is -1.69. The number of thiophene rings is 1. The van der Waals surface area contributed by atoms with Gasteiger partial charge < -0.3 is 10.0 Å². The van der Waals surface area contributed by atoms with Gasteiger partial charge in [0.25, 0.3) is 5.91 Å². The normalized spacial score (nSPS) is 21.1. The predicted molar refractivity (Wildman–Crippen MR) is 97.3 cm³/mol. The Morgan fingerprint density at radius 3 is 2.75 bits per heavy atom. The van der Waals surface area contributed by atoms with Crippen LogP contribution in [0.5, 0.6) is 0 Å². The number of aliphatic hydroxyl groups is 1. The zero-order valence-electron chi connectivity index (χ0n) is 14.2. The maximum absolute atomic E-state index is 12.5. The van der Waals surface area contributed by atoms with Gasteiger partial charge in [-0.25, -0.2) is 0 Å². The molecule has 1 aliphatic rings. The largest absolute Gasteiger partial charge is 0.387 e. The standard InChI is InChI=1S/C19H24N2O2S/c1-15-11-24-12-17(15)18(22)20(2)13-19(23)8-9-21(14-19)10-16-6-4-3-5-7-16/h3-7,11-12,23H,8-10,13-14H2,1-2H3/t19-/m0/s1. The summed E-state index contributed by atoms with van der Waals surface area (Å²) in [7, 11) is 1.78. The molecule has 0 aliphatic carbocycles. The van der Waals surface area contributed by atoms with Gasteiger partial charge in [-0.3, -0.25) is 9.69 Å². The molecule has 1 atom stereocenters. The molecule has 1 N–H and O–H groups in total. The number of carbonyl (C=O) groups is 1. The molecular formula is C19H24N2O2S. The Balaban J connectivity index is 1.59. The maximum atomic E-state index is 12.5. The Morgan fingerprint density at radius 2 is 2.08 bits per heavy atom. The minimum Gasteiger partial charge on any atom is -0.387 e. The highest BCUT2D eigenvalue weighted by Gasteiger charge is 2.38. The second-order valence-electron chi connectivity index (χ2n) is 6.80. The lowest BCUT2D eigenvalue weighted by Crippen LogP contribution is -2.45. The number of hydrogen-bond acceptors (Lipinski definition) is 4. The number of nitrogens with zero attached hydrogens (tertiary/aromatic N) is 2. The molecule has 0 unspecified atom stereocenters. The molecule has 1 amide bonds. The van der Waals surface area contributed by atoms with Crippen molar-refractivity contribution in [2.45, 2.75) is 25.5 Å². The topological polar surface area (TPSA) is 43.8 Å². The molecule has 0 bridgehead atoms. The van der Waals surface area contributed by atoms with Gasteiger partial charge in [-0.05, 0) is 29.9 Å². The summed E-state index contributed by atoms with van der Waals surface area (Å²) in [4.78, 5) is 16.4. The fraction of sp³-hybridized carbons (Fsp3) is 0.421. The third-order valence-electron chi connectivity index (χ3n) is 4.62. The number of rotatable bonds is 5. The molecule has 0 radical (unpaired) electrons. The number of amides is 1. The summed E-state index contributed by atoms with van der Waals surface area (Å²) >= 11 is 1.54. The number of aryl methyl sites for hydroxylation is 1. The van der Waals surface area contributed by atoms with E-state index in [1.165, 1.54) is 16.9 Å². The van der Waals surface area contributed by atoms with Gasteiger partial charge in [-0.15, -0.1) is 0 Å². The fourth-order valence-electron chi connectivity index (χ4n) is 3.34. The summed E-state index contributed by atoms with van der Waals surface area (Å²) in [5, 5.41) is 14.8. The first-order valence-electron chi connectivity index (χ1n) is 8.24. The highest BCUT2D eigenvalue weighted by molar-refractivity contribution is 7.08. The molecule has 1 aliphatic heterocycles. The van der Waals surface area contributed by atoms with Crippen molar-refractivity contribution >= 4 is 17.2 Å². The molecule has 3 rings (SSSR count). The van der Waals surface area contributed by atoms with Gasteiger partial charge in [0.15, 0.2) is 0 Å². The lowest BCUT2D eigenvalue weighted by atomic mass is 10.0. The van der Waals surface area contributed by atoms with E-state index in [9.17, 15) is 9.90 Å². The van der Waals surface area contributed by atoms with Crippen molar-refractivity contribution in [3.63, 3.8) is 0 Å². The van der Waals surface area contributed by atoms with Crippen LogP contribution in [-0.2, 0) is 6.54 Å². The summed E-state index contributed by atoms with van der Waals surface area (Å²) in [6.45, 7) is 4.60. The first-order valence-corrected chi connectivity index (χ1v) is 9.18. The summed E-state index contributed by atoms with van der Waals surface area (Å²) in [6, 6.07) is 10.3. The minimum absolute atomic E-state index is 0.0105. The fourth-order valence-corrected chi connectivity index (χ4v) is 4.17. The Labute approximate surface area is 147 Å². The highest BCUT2D eigenvalue weighted by atomic mass is 32.1. The van der Waals surface area contributed by atoms with Crippen LogP contribution in [0.4, 0.5) is 0 Å². The van der Waals surface area contributed by atoms with E-state index in [-0.39, 0.29) is 5.91 Å². The van der Waals surface area contributed by atoms with Gasteiger partial charge in [-0.2, -0.15) is 11.3 Å². The lowest BCUT2D eigenvalue weighted by molar-refractivity contribution is 0.0170. The first-order chi connectivity index (χ1) is 11.5. The van der Waals surface area contributed by atoms with Crippen molar-refractivity contribution in [3.05, 3.63) is 57.8 Å². The van der Waals surface area contributed by atoms with Crippen LogP contribution in [0.1, 0.15) is 27.9 Å². The maximum Gasteiger partial charge on any atom is 0.254 e. The van der Waals surface area contributed by atoms with Gasteiger partial charge in [0.1, 0.15) is 0 Å². The number of β-amino-alcohol motifs (C(OH)–C–C–N with tert-alkyl or cyclic N) is 1. The van der Waals surface area contributed by atoms with Crippen LogP contribution in [0.25, 0.3) is 0 Å². The molecule has 128 valence electrons. The number of carbonyl (C=O) groups excluding carboxylic acids is 1. The van der Waals surface area contributed by atoms with Gasteiger partial charge in [0.05, 0.1) is 17.7 Å². The molecule has 5 heteroatoms. The summed E-state index contributed by atoms with van der Waals surface area (Å²) in [5.41, 5.74) is 2.16. The second-order valence-corrected chi connectivity index (χ2v) is 7.54. The van der Waals surface area contributed by atoms with E-state index in [1.54, 1.807) is 11.9 Å². The molecule has 1 fully saturated rings. The zero-order chi connectivity index (χ0) is 17.2. The first kappa shape index (κ1) is 17.1. The Morgan fingerprint density at radius 1 is 1.33 bits per heavy atom. The Bertz CT molecular complexity index is 700. The van der Waals surface area contributed by atoms with E-state index in [1.807, 2.05) is 35.9 Å². The zero-order valence-corrected chi connectivity index (χ0v) is 15.1. The highest BCUT2D eigenvalue weighted by Crippen LogP contribution is 2.25. The Kier molecular flexibility index (Phi) is 5.04. The van der Waals surface area contributed by atoms with E-state index in [0.29, 0.717) is 19.5 Å². The number of hydrogen-bond donors (Lipinski definition) is 1. The van der Waals surface area contributed by atoms with Crippen molar-refractivity contribution in [2.75, 3.05) is 26.7 Å². The van der Waals surface area contributed by atoms with E-state index < -0.39 is 5.60 Å². The molecule has 1 aromatic carbocycles. The van der Waals surface area contributed by atoms with Crippen LogP contribution in [0.2, 0.25) is 0 Å². The van der Waals surface area contributed by atoms with Crippen molar-refractivity contribution < 1.29 is 9.90 Å². The number of benzene rings is 1. The van der Waals surface area contributed by atoms with E-state index >= 15 is 0 Å². The molecular weight excluding hydrogens is 320 g/mol. The van der Waals surface area contributed by atoms with Crippen LogP contribution < -0.4 is 0 Å². The number of likely N-dealkylation sites (N-methyl/N-ethyl adjacent to an activating group) is 1. The second kappa shape index (κ2) is 7.05. The van der Waals surface area contributed by atoms with E-state index in [0.717, 1.165) is 24.2 Å². The van der Waals surface area contributed by atoms with Gasteiger partial charge in [-0.1, -0.05) is 30.3 Å². The molecule has 24 heavy (non-hydrogen) atoms. The lowest BCUT2D eigenvalue weighted by Gasteiger charge is -2.29. The predicted octanol–water partition coefficient (Wildman–Crippen LogP) is 2.77. The van der Waals surface area contributed by atoms with Gasteiger partial charge in [0.2, 0.25) is 0 Å². The van der Waals surface area contributed by atoms with E-state index in [2.05, 4.69) is 17.0 Å². The third kappa shape index (κ3) is 3.86. The molecule has 2 heterocycles. The van der Waals surface area contributed by atoms with Crippen LogP contribution in [-0.4, -0.2) is 53.1 Å². The van der Waals surface area contributed by atoms with Crippen molar-refractivity contribution in [2.24, 2.45) is 0 Å². The average molecular weight is 344 g/mol. The average Bonchev–Trinajstić information content (AvgIpc) is 3.13. The molecule has 1 aromatic heterocycles. The monoisotopic (exact) mass is 344 g/mol. The van der Waals surface area contributed by atoms with Crippen molar-refractivity contribution in [1.29, 1.82) is 0 Å². The molecule has 0 saturated carbocycles. The summed E-state index contributed by atoms with van der Waals surface area (Å²) in [5.74, 6) is -0.0105. The van der Waals surface area contributed by atoms with Gasteiger partial charge >= 0.3 is 0 Å².